The topological polar surface area (TPSA) is 41.1 Å². The number of rotatable bonds is 6. The van der Waals surface area contributed by atoms with E-state index in [2.05, 4.69) is 31.4 Å². The lowest BCUT2D eigenvalue weighted by molar-refractivity contribution is -0.115. The van der Waals surface area contributed by atoms with E-state index in [0.29, 0.717) is 18.5 Å². The van der Waals surface area contributed by atoms with E-state index in [9.17, 15) is 4.79 Å². The van der Waals surface area contributed by atoms with Crippen molar-refractivity contribution in [2.45, 2.75) is 33.2 Å². The smallest absolute Gasteiger partial charge is 0.238 e. The lowest BCUT2D eigenvalue weighted by Crippen LogP contribution is -2.35. The fourth-order valence-electron chi connectivity index (χ4n) is 1.78. The van der Waals surface area contributed by atoms with Gasteiger partial charge in [0.05, 0.1) is 6.54 Å². The molecule has 17 heavy (non-hydrogen) atoms. The van der Waals surface area contributed by atoms with Gasteiger partial charge in [-0.3, -0.25) is 4.79 Å². The molecule has 1 rings (SSSR count). The van der Waals surface area contributed by atoms with E-state index in [1.165, 1.54) is 0 Å². The first-order chi connectivity index (χ1) is 8.08. The number of nitrogens with one attached hydrogen (secondary N) is 2. The summed E-state index contributed by atoms with van der Waals surface area (Å²) in [5.74, 6) is 0.654. The molecule has 1 aromatic carbocycles. The molecule has 0 aliphatic heterocycles. The zero-order chi connectivity index (χ0) is 12.7. The van der Waals surface area contributed by atoms with Crippen molar-refractivity contribution in [3.63, 3.8) is 0 Å². The Morgan fingerprint density at radius 3 is 2.41 bits per heavy atom. The molecule has 0 heterocycles. The molecule has 1 aromatic rings. The summed E-state index contributed by atoms with van der Waals surface area (Å²) in [7, 11) is 0. The molecule has 0 spiro atoms. The third-order valence-electron chi connectivity index (χ3n) is 2.49. The van der Waals surface area contributed by atoms with Crippen molar-refractivity contribution < 1.29 is 4.79 Å². The normalized spacial score (nSPS) is 12.5. The molecule has 1 unspecified atom stereocenters. The molecular weight excluding hydrogens is 212 g/mol. The fourth-order valence-corrected chi connectivity index (χ4v) is 1.78. The van der Waals surface area contributed by atoms with Gasteiger partial charge >= 0.3 is 0 Å². The van der Waals surface area contributed by atoms with Gasteiger partial charge in [-0.05, 0) is 31.4 Å². The quantitative estimate of drug-likeness (QED) is 0.794. The Balaban J connectivity index is 2.26. The van der Waals surface area contributed by atoms with Crippen LogP contribution in [0, 0.1) is 5.92 Å². The molecule has 0 fully saturated rings. The number of hydrogen-bond acceptors (Lipinski definition) is 2. The Labute approximate surface area is 104 Å². The Morgan fingerprint density at radius 2 is 1.82 bits per heavy atom. The third-order valence-corrected chi connectivity index (χ3v) is 2.49. The van der Waals surface area contributed by atoms with Gasteiger partial charge in [0.25, 0.3) is 0 Å². The average molecular weight is 234 g/mol. The number of carbonyl (C=O) groups is 1. The maximum atomic E-state index is 11.6. The van der Waals surface area contributed by atoms with E-state index < -0.39 is 0 Å². The summed E-state index contributed by atoms with van der Waals surface area (Å²) in [6.45, 7) is 6.84. The van der Waals surface area contributed by atoms with Crippen LogP contribution < -0.4 is 10.6 Å². The van der Waals surface area contributed by atoms with Crippen molar-refractivity contribution in [2.24, 2.45) is 5.92 Å². The van der Waals surface area contributed by atoms with Crippen molar-refractivity contribution in [3.8, 4) is 0 Å². The predicted molar refractivity (Wildman–Crippen MR) is 72.0 cm³/mol. The van der Waals surface area contributed by atoms with Gasteiger partial charge in [-0.1, -0.05) is 32.0 Å². The molecule has 2 N–H and O–H groups in total. The number of para-hydroxylation sites is 1. The van der Waals surface area contributed by atoms with E-state index in [1.54, 1.807) is 0 Å². The van der Waals surface area contributed by atoms with Gasteiger partial charge in [0.2, 0.25) is 5.91 Å². The van der Waals surface area contributed by atoms with Gasteiger partial charge < -0.3 is 10.6 Å². The van der Waals surface area contributed by atoms with Gasteiger partial charge in [0, 0.05) is 11.7 Å². The van der Waals surface area contributed by atoms with Crippen LogP contribution in [0.5, 0.6) is 0 Å². The highest BCUT2D eigenvalue weighted by Crippen LogP contribution is 2.05. The summed E-state index contributed by atoms with van der Waals surface area (Å²) in [5.41, 5.74) is 0.843. The highest BCUT2D eigenvalue weighted by molar-refractivity contribution is 5.92. The molecule has 0 aliphatic carbocycles. The van der Waals surface area contributed by atoms with Crippen LogP contribution >= 0.6 is 0 Å². The Morgan fingerprint density at radius 1 is 1.18 bits per heavy atom. The second kappa shape index (κ2) is 7.07. The van der Waals surface area contributed by atoms with Crippen LogP contribution in [-0.2, 0) is 4.79 Å². The Bertz CT molecular complexity index is 335. The molecule has 0 saturated carbocycles. The maximum Gasteiger partial charge on any atom is 0.238 e. The highest BCUT2D eigenvalue weighted by Gasteiger charge is 2.07. The summed E-state index contributed by atoms with van der Waals surface area (Å²) < 4.78 is 0. The zero-order valence-electron chi connectivity index (χ0n) is 10.9. The van der Waals surface area contributed by atoms with Crippen LogP contribution in [-0.4, -0.2) is 18.5 Å². The second-order valence-electron chi connectivity index (χ2n) is 4.83. The summed E-state index contributed by atoms with van der Waals surface area (Å²) in [4.78, 5) is 11.6. The first-order valence-corrected chi connectivity index (χ1v) is 6.16. The van der Waals surface area contributed by atoms with E-state index in [4.69, 9.17) is 0 Å². The van der Waals surface area contributed by atoms with Crippen molar-refractivity contribution in [1.29, 1.82) is 0 Å². The van der Waals surface area contributed by atoms with Crippen LogP contribution in [0.25, 0.3) is 0 Å². The molecule has 3 heteroatoms. The SMILES string of the molecule is CC(C)CC(C)NCC(=O)Nc1ccccc1. The van der Waals surface area contributed by atoms with Gasteiger partial charge in [-0.15, -0.1) is 0 Å². The summed E-state index contributed by atoms with van der Waals surface area (Å²) in [5, 5.41) is 6.07. The highest BCUT2D eigenvalue weighted by atomic mass is 16.1. The molecular formula is C14H22N2O. The summed E-state index contributed by atoms with van der Waals surface area (Å²) in [6, 6.07) is 9.88. The average Bonchev–Trinajstić information content (AvgIpc) is 2.27. The van der Waals surface area contributed by atoms with Gasteiger partial charge in [-0.25, -0.2) is 0 Å². The molecule has 0 aliphatic rings. The minimum Gasteiger partial charge on any atom is -0.325 e. The third kappa shape index (κ3) is 6.07. The van der Waals surface area contributed by atoms with Crippen molar-refractivity contribution >= 4 is 11.6 Å². The van der Waals surface area contributed by atoms with E-state index in [1.807, 2.05) is 30.3 Å². The second-order valence-corrected chi connectivity index (χ2v) is 4.83. The molecule has 0 radical (unpaired) electrons. The van der Waals surface area contributed by atoms with Crippen molar-refractivity contribution in [3.05, 3.63) is 30.3 Å². The van der Waals surface area contributed by atoms with Gasteiger partial charge in [0.15, 0.2) is 0 Å². The molecule has 0 bridgehead atoms. The minimum atomic E-state index is 0.00630. The summed E-state index contributed by atoms with van der Waals surface area (Å²) in [6.07, 6.45) is 1.08. The number of benzene rings is 1. The van der Waals surface area contributed by atoms with E-state index >= 15 is 0 Å². The molecule has 0 aromatic heterocycles. The van der Waals surface area contributed by atoms with Crippen molar-refractivity contribution in [1.82, 2.24) is 5.32 Å². The minimum absolute atomic E-state index is 0.00630. The molecule has 0 saturated heterocycles. The predicted octanol–water partition coefficient (Wildman–Crippen LogP) is 2.65. The zero-order valence-corrected chi connectivity index (χ0v) is 10.9. The first-order valence-electron chi connectivity index (χ1n) is 6.16. The summed E-state index contributed by atoms with van der Waals surface area (Å²) >= 11 is 0. The Hall–Kier alpha value is -1.35. The Kier molecular flexibility index (Phi) is 5.70. The van der Waals surface area contributed by atoms with E-state index in [-0.39, 0.29) is 5.91 Å². The van der Waals surface area contributed by atoms with Gasteiger partial charge in [-0.2, -0.15) is 0 Å². The standard InChI is InChI=1S/C14H22N2O/c1-11(2)9-12(3)15-10-14(17)16-13-7-5-4-6-8-13/h4-8,11-12,15H,9-10H2,1-3H3,(H,16,17). The van der Waals surface area contributed by atoms with Crippen LogP contribution in [0.2, 0.25) is 0 Å². The first kappa shape index (κ1) is 13.7. The van der Waals surface area contributed by atoms with Crippen molar-refractivity contribution in [2.75, 3.05) is 11.9 Å². The van der Waals surface area contributed by atoms with Crippen LogP contribution in [0.15, 0.2) is 30.3 Å². The van der Waals surface area contributed by atoms with Crippen LogP contribution in [0.4, 0.5) is 5.69 Å². The molecule has 1 amide bonds. The molecule has 1 atom stereocenters. The monoisotopic (exact) mass is 234 g/mol. The van der Waals surface area contributed by atoms with Crippen LogP contribution in [0.1, 0.15) is 27.2 Å². The number of carbonyl (C=O) groups excluding carboxylic acids is 1. The molecule has 3 nitrogen and oxygen atoms in total. The number of anilines is 1. The largest absolute Gasteiger partial charge is 0.325 e. The van der Waals surface area contributed by atoms with E-state index in [0.717, 1.165) is 12.1 Å². The lowest BCUT2D eigenvalue weighted by Gasteiger charge is -2.15. The van der Waals surface area contributed by atoms with Gasteiger partial charge in [0.1, 0.15) is 0 Å². The fraction of sp³-hybridized carbons (Fsp3) is 0.500. The number of hydrogen-bond donors (Lipinski definition) is 2. The lowest BCUT2D eigenvalue weighted by atomic mass is 10.1. The molecule has 94 valence electrons. The van der Waals surface area contributed by atoms with Crippen LogP contribution in [0.3, 0.4) is 0 Å². The maximum absolute atomic E-state index is 11.6. The number of amides is 1.